The van der Waals surface area contributed by atoms with Gasteiger partial charge in [0.05, 0.1) is 5.69 Å². The van der Waals surface area contributed by atoms with E-state index in [4.69, 9.17) is 5.11 Å². The summed E-state index contributed by atoms with van der Waals surface area (Å²) in [7, 11) is 0. The van der Waals surface area contributed by atoms with Gasteiger partial charge < -0.3 is 5.11 Å². The number of aromatic carboxylic acids is 1. The molecule has 0 unspecified atom stereocenters. The maximum Gasteiger partial charge on any atom is 0.354 e. The highest BCUT2D eigenvalue weighted by molar-refractivity contribution is 7.99. The SMILES string of the molecule is Cc1nccnc1Sc1ccnc(C(=O)O)c1. The predicted octanol–water partition coefficient (Wildman–Crippen LogP) is 2.03. The van der Waals surface area contributed by atoms with Gasteiger partial charge >= 0.3 is 5.97 Å². The molecule has 0 aliphatic rings. The van der Waals surface area contributed by atoms with Crippen LogP contribution in [0.3, 0.4) is 0 Å². The van der Waals surface area contributed by atoms with E-state index < -0.39 is 5.97 Å². The number of hydrogen-bond donors (Lipinski definition) is 1. The van der Waals surface area contributed by atoms with E-state index in [1.54, 1.807) is 18.5 Å². The molecule has 0 saturated heterocycles. The van der Waals surface area contributed by atoms with E-state index in [0.29, 0.717) is 0 Å². The summed E-state index contributed by atoms with van der Waals surface area (Å²) in [6.07, 6.45) is 4.70. The van der Waals surface area contributed by atoms with Crippen LogP contribution in [-0.2, 0) is 0 Å². The zero-order valence-corrected chi connectivity index (χ0v) is 9.81. The Morgan fingerprint density at radius 2 is 2.00 bits per heavy atom. The standard InChI is InChI=1S/C11H9N3O2S/c1-7-10(14-5-4-12-7)17-8-2-3-13-9(6-8)11(15)16/h2-6H,1H3,(H,15,16). The predicted molar refractivity (Wildman–Crippen MR) is 62.1 cm³/mol. The van der Waals surface area contributed by atoms with E-state index in [0.717, 1.165) is 15.6 Å². The fraction of sp³-hybridized carbons (Fsp3) is 0.0909. The summed E-state index contributed by atoms with van der Waals surface area (Å²) in [4.78, 5) is 23.6. The molecular formula is C11H9N3O2S. The fourth-order valence-corrected chi connectivity index (χ4v) is 2.03. The number of carboxylic acids is 1. The molecule has 0 radical (unpaired) electrons. The summed E-state index contributed by atoms with van der Waals surface area (Å²) in [6, 6.07) is 3.26. The van der Waals surface area contributed by atoms with E-state index in [2.05, 4.69) is 15.0 Å². The third-order valence-electron chi connectivity index (χ3n) is 2.00. The molecule has 0 bridgehead atoms. The normalized spacial score (nSPS) is 10.2. The van der Waals surface area contributed by atoms with Crippen LogP contribution in [0.5, 0.6) is 0 Å². The largest absolute Gasteiger partial charge is 0.477 e. The van der Waals surface area contributed by atoms with Gasteiger partial charge in [0, 0.05) is 23.5 Å². The van der Waals surface area contributed by atoms with E-state index in [9.17, 15) is 4.79 Å². The van der Waals surface area contributed by atoms with E-state index in [1.807, 2.05) is 6.92 Å². The topological polar surface area (TPSA) is 76.0 Å². The van der Waals surface area contributed by atoms with Gasteiger partial charge in [0.1, 0.15) is 10.7 Å². The Bertz CT molecular complexity index is 560. The minimum Gasteiger partial charge on any atom is -0.477 e. The molecule has 0 fully saturated rings. The second-order valence-electron chi connectivity index (χ2n) is 3.23. The minimum absolute atomic E-state index is 0.0246. The van der Waals surface area contributed by atoms with E-state index in [-0.39, 0.29) is 5.69 Å². The summed E-state index contributed by atoms with van der Waals surface area (Å²) in [5.41, 5.74) is 0.836. The van der Waals surface area contributed by atoms with Gasteiger partial charge in [0.15, 0.2) is 0 Å². The molecule has 0 aromatic carbocycles. The lowest BCUT2D eigenvalue weighted by molar-refractivity contribution is 0.0690. The van der Waals surface area contributed by atoms with Crippen molar-refractivity contribution in [2.24, 2.45) is 0 Å². The molecule has 0 atom stereocenters. The van der Waals surface area contributed by atoms with Crippen molar-refractivity contribution in [1.29, 1.82) is 0 Å². The molecule has 0 aliphatic carbocycles. The molecule has 0 spiro atoms. The highest BCUT2D eigenvalue weighted by Gasteiger charge is 2.07. The first-order valence-corrected chi connectivity index (χ1v) is 5.63. The number of aromatic nitrogens is 3. The molecule has 0 amide bonds. The average Bonchev–Trinajstić information content (AvgIpc) is 2.32. The smallest absolute Gasteiger partial charge is 0.354 e. The summed E-state index contributed by atoms with van der Waals surface area (Å²) in [6.45, 7) is 1.86. The van der Waals surface area contributed by atoms with Gasteiger partial charge in [-0.2, -0.15) is 0 Å². The second kappa shape index (κ2) is 4.92. The molecule has 2 aromatic heterocycles. The first-order valence-electron chi connectivity index (χ1n) is 4.81. The molecule has 2 rings (SSSR count). The zero-order valence-electron chi connectivity index (χ0n) is 8.99. The van der Waals surface area contributed by atoms with Gasteiger partial charge in [0.2, 0.25) is 0 Å². The summed E-state index contributed by atoms with van der Waals surface area (Å²) in [5.74, 6) is -1.04. The monoisotopic (exact) mass is 247 g/mol. The Hall–Kier alpha value is -1.95. The second-order valence-corrected chi connectivity index (χ2v) is 4.29. The Labute approximate surface area is 102 Å². The number of pyridine rings is 1. The summed E-state index contributed by atoms with van der Waals surface area (Å²) in [5, 5.41) is 9.59. The van der Waals surface area contributed by atoms with Gasteiger partial charge in [-0.3, -0.25) is 4.98 Å². The third kappa shape index (κ3) is 2.79. The molecule has 2 aromatic rings. The van der Waals surface area contributed by atoms with Crippen molar-refractivity contribution in [1.82, 2.24) is 15.0 Å². The van der Waals surface area contributed by atoms with Gasteiger partial charge in [-0.1, -0.05) is 11.8 Å². The molecule has 86 valence electrons. The van der Waals surface area contributed by atoms with Crippen molar-refractivity contribution in [3.63, 3.8) is 0 Å². The van der Waals surface area contributed by atoms with Crippen LogP contribution in [0.1, 0.15) is 16.2 Å². The van der Waals surface area contributed by atoms with Crippen LogP contribution in [0.25, 0.3) is 0 Å². The van der Waals surface area contributed by atoms with Crippen LogP contribution < -0.4 is 0 Å². The third-order valence-corrected chi connectivity index (χ3v) is 3.09. The molecule has 6 heteroatoms. The number of hydrogen-bond acceptors (Lipinski definition) is 5. The van der Waals surface area contributed by atoms with Gasteiger partial charge in [-0.05, 0) is 19.1 Å². The van der Waals surface area contributed by atoms with Crippen molar-refractivity contribution in [3.05, 3.63) is 42.1 Å². The van der Waals surface area contributed by atoms with E-state index >= 15 is 0 Å². The Morgan fingerprint density at radius 1 is 1.24 bits per heavy atom. The van der Waals surface area contributed by atoms with Crippen LogP contribution in [0.2, 0.25) is 0 Å². The lowest BCUT2D eigenvalue weighted by Crippen LogP contribution is -1.99. The van der Waals surface area contributed by atoms with Crippen molar-refractivity contribution < 1.29 is 9.90 Å². The van der Waals surface area contributed by atoms with Crippen molar-refractivity contribution in [2.45, 2.75) is 16.8 Å². The van der Waals surface area contributed by atoms with Crippen molar-refractivity contribution >= 4 is 17.7 Å². The van der Waals surface area contributed by atoms with Gasteiger partial charge in [0.25, 0.3) is 0 Å². The van der Waals surface area contributed by atoms with Crippen molar-refractivity contribution in [2.75, 3.05) is 0 Å². The summed E-state index contributed by atoms with van der Waals surface area (Å²) >= 11 is 1.37. The maximum absolute atomic E-state index is 10.8. The number of aryl methyl sites for hydroxylation is 1. The van der Waals surface area contributed by atoms with Crippen LogP contribution >= 0.6 is 11.8 Å². The molecule has 1 N–H and O–H groups in total. The first kappa shape index (κ1) is 11.5. The van der Waals surface area contributed by atoms with E-state index in [1.165, 1.54) is 24.0 Å². The fourth-order valence-electron chi connectivity index (χ4n) is 1.20. The van der Waals surface area contributed by atoms with Crippen molar-refractivity contribution in [3.8, 4) is 0 Å². The van der Waals surface area contributed by atoms with Crippen LogP contribution in [0.15, 0.2) is 40.6 Å². The quantitative estimate of drug-likeness (QED) is 0.894. The van der Waals surface area contributed by atoms with Crippen LogP contribution in [0.4, 0.5) is 0 Å². The number of nitrogens with zero attached hydrogens (tertiary/aromatic N) is 3. The Morgan fingerprint density at radius 3 is 2.71 bits per heavy atom. The Kier molecular flexibility index (Phi) is 3.34. The highest BCUT2D eigenvalue weighted by Crippen LogP contribution is 2.27. The maximum atomic E-state index is 10.8. The molecule has 17 heavy (non-hydrogen) atoms. The lowest BCUT2D eigenvalue weighted by Gasteiger charge is -2.03. The molecular weight excluding hydrogens is 238 g/mol. The Balaban J connectivity index is 2.28. The molecule has 2 heterocycles. The number of carbonyl (C=O) groups is 1. The lowest BCUT2D eigenvalue weighted by atomic mass is 10.3. The first-order chi connectivity index (χ1) is 8.16. The molecule has 5 nitrogen and oxygen atoms in total. The van der Waals surface area contributed by atoms with Gasteiger partial charge in [-0.25, -0.2) is 14.8 Å². The average molecular weight is 247 g/mol. The summed E-state index contributed by atoms with van der Waals surface area (Å²) < 4.78 is 0. The number of rotatable bonds is 3. The van der Waals surface area contributed by atoms with Crippen LogP contribution in [-0.4, -0.2) is 26.0 Å². The number of carboxylic acid groups (broad SMARTS) is 1. The minimum atomic E-state index is -1.04. The van der Waals surface area contributed by atoms with Crippen LogP contribution in [0, 0.1) is 6.92 Å². The zero-order chi connectivity index (χ0) is 12.3. The molecule has 0 aliphatic heterocycles. The highest BCUT2D eigenvalue weighted by atomic mass is 32.2. The van der Waals surface area contributed by atoms with Gasteiger partial charge in [-0.15, -0.1) is 0 Å². The molecule has 0 saturated carbocycles.